The van der Waals surface area contributed by atoms with E-state index in [-0.39, 0.29) is 5.91 Å². The van der Waals surface area contributed by atoms with E-state index in [2.05, 4.69) is 4.98 Å². The predicted octanol–water partition coefficient (Wildman–Crippen LogP) is 1.59. The maximum atomic E-state index is 11.9. The lowest BCUT2D eigenvalue weighted by Gasteiger charge is -2.22. The molecule has 0 aliphatic rings. The summed E-state index contributed by atoms with van der Waals surface area (Å²) in [6, 6.07) is 7.27. The Bertz CT molecular complexity index is 392. The summed E-state index contributed by atoms with van der Waals surface area (Å²) in [6.45, 7) is 3.18. The van der Waals surface area contributed by atoms with E-state index < -0.39 is 5.41 Å². The van der Waals surface area contributed by atoms with Crippen molar-refractivity contribution < 1.29 is 4.79 Å². The minimum atomic E-state index is -1.02. The number of pyridine rings is 1. The molecular weight excluding hydrogens is 190 g/mol. The number of anilines is 1. The fourth-order valence-corrected chi connectivity index (χ4v) is 1.12. The fraction of sp³-hybridized carbons (Fsp3) is 0.364. The Morgan fingerprint density at radius 2 is 2.20 bits per heavy atom. The van der Waals surface area contributed by atoms with E-state index >= 15 is 0 Å². The first kappa shape index (κ1) is 11.2. The molecule has 1 heterocycles. The summed E-state index contributed by atoms with van der Waals surface area (Å²) in [6.07, 6.45) is 1.61. The van der Waals surface area contributed by atoms with Gasteiger partial charge in [0.15, 0.2) is 0 Å². The second kappa shape index (κ2) is 4.09. The van der Waals surface area contributed by atoms with Crippen molar-refractivity contribution in [2.45, 2.75) is 13.8 Å². The van der Waals surface area contributed by atoms with Crippen molar-refractivity contribution in [2.75, 3.05) is 11.9 Å². The van der Waals surface area contributed by atoms with Gasteiger partial charge in [-0.2, -0.15) is 5.26 Å². The molecule has 15 heavy (non-hydrogen) atoms. The third kappa shape index (κ3) is 2.32. The first-order valence-corrected chi connectivity index (χ1v) is 4.59. The van der Waals surface area contributed by atoms with E-state index in [1.54, 1.807) is 45.3 Å². The largest absolute Gasteiger partial charge is 0.299 e. The maximum Gasteiger partial charge on any atom is 0.247 e. The average molecular weight is 203 g/mol. The summed E-state index contributed by atoms with van der Waals surface area (Å²) in [5.74, 6) is 0.287. The van der Waals surface area contributed by atoms with Crippen LogP contribution in [0.1, 0.15) is 13.8 Å². The van der Waals surface area contributed by atoms with Gasteiger partial charge in [0, 0.05) is 13.2 Å². The van der Waals surface area contributed by atoms with Crippen molar-refractivity contribution in [1.29, 1.82) is 5.26 Å². The maximum absolute atomic E-state index is 11.9. The molecule has 0 saturated heterocycles. The van der Waals surface area contributed by atoms with Crippen molar-refractivity contribution in [3.05, 3.63) is 24.4 Å². The van der Waals surface area contributed by atoms with E-state index in [1.165, 1.54) is 4.90 Å². The van der Waals surface area contributed by atoms with E-state index in [0.29, 0.717) is 5.82 Å². The van der Waals surface area contributed by atoms with Crippen LogP contribution in [0.4, 0.5) is 5.82 Å². The van der Waals surface area contributed by atoms with Crippen molar-refractivity contribution >= 4 is 11.7 Å². The monoisotopic (exact) mass is 203 g/mol. The summed E-state index contributed by atoms with van der Waals surface area (Å²) in [5.41, 5.74) is -1.02. The zero-order chi connectivity index (χ0) is 11.5. The smallest absolute Gasteiger partial charge is 0.247 e. The fourth-order valence-electron chi connectivity index (χ4n) is 1.12. The zero-order valence-electron chi connectivity index (χ0n) is 9.06. The Balaban J connectivity index is 2.93. The van der Waals surface area contributed by atoms with E-state index in [1.807, 2.05) is 6.07 Å². The van der Waals surface area contributed by atoms with Crippen LogP contribution in [-0.4, -0.2) is 17.9 Å². The van der Waals surface area contributed by atoms with Gasteiger partial charge in [0.1, 0.15) is 11.2 Å². The lowest BCUT2D eigenvalue weighted by atomic mass is 9.94. The van der Waals surface area contributed by atoms with Crippen LogP contribution in [0, 0.1) is 16.7 Å². The summed E-state index contributed by atoms with van der Waals surface area (Å²) in [5, 5.41) is 8.84. The topological polar surface area (TPSA) is 57.0 Å². The number of amides is 1. The second-order valence-corrected chi connectivity index (χ2v) is 3.79. The highest BCUT2D eigenvalue weighted by Crippen LogP contribution is 2.19. The van der Waals surface area contributed by atoms with Crippen molar-refractivity contribution in [2.24, 2.45) is 5.41 Å². The summed E-state index contributed by atoms with van der Waals surface area (Å²) < 4.78 is 0. The molecule has 0 N–H and O–H groups in total. The molecule has 4 heteroatoms. The van der Waals surface area contributed by atoms with Gasteiger partial charge in [-0.05, 0) is 26.0 Å². The molecule has 1 aromatic rings. The zero-order valence-corrected chi connectivity index (χ0v) is 9.06. The molecule has 0 radical (unpaired) electrons. The number of carbonyl (C=O) groups excluding carboxylic acids is 1. The lowest BCUT2D eigenvalue weighted by molar-refractivity contribution is -0.123. The molecule has 0 bridgehead atoms. The molecule has 1 amide bonds. The van der Waals surface area contributed by atoms with Gasteiger partial charge in [-0.1, -0.05) is 6.07 Å². The number of carbonyl (C=O) groups is 1. The van der Waals surface area contributed by atoms with Crippen LogP contribution in [0.15, 0.2) is 24.4 Å². The highest BCUT2D eigenvalue weighted by molar-refractivity contribution is 5.97. The molecule has 0 aromatic carbocycles. The molecule has 0 unspecified atom stereocenters. The Hall–Kier alpha value is -1.89. The Kier molecular flexibility index (Phi) is 3.05. The SMILES string of the molecule is CN(C(=O)C(C)(C)C#N)c1ccccn1. The highest BCUT2D eigenvalue weighted by Gasteiger charge is 2.31. The highest BCUT2D eigenvalue weighted by atomic mass is 16.2. The van der Waals surface area contributed by atoms with Gasteiger partial charge in [-0.3, -0.25) is 9.69 Å². The molecular formula is C11H13N3O. The number of nitrogens with zero attached hydrogens (tertiary/aromatic N) is 3. The molecule has 0 aliphatic carbocycles. The Morgan fingerprint density at radius 1 is 1.53 bits per heavy atom. The molecule has 0 saturated carbocycles. The van der Waals surface area contributed by atoms with Crippen LogP contribution in [0.3, 0.4) is 0 Å². The first-order chi connectivity index (χ1) is 6.99. The summed E-state index contributed by atoms with van der Waals surface area (Å²) >= 11 is 0. The number of nitriles is 1. The first-order valence-electron chi connectivity index (χ1n) is 4.59. The molecule has 0 aliphatic heterocycles. The molecule has 0 spiro atoms. The Labute approximate surface area is 89.2 Å². The molecule has 4 nitrogen and oxygen atoms in total. The molecule has 1 rings (SSSR count). The third-order valence-corrected chi connectivity index (χ3v) is 2.11. The van der Waals surface area contributed by atoms with Crippen LogP contribution in [0.5, 0.6) is 0 Å². The van der Waals surface area contributed by atoms with Gasteiger partial charge in [0.05, 0.1) is 6.07 Å². The van der Waals surface area contributed by atoms with E-state index in [0.717, 1.165) is 0 Å². The minimum Gasteiger partial charge on any atom is -0.299 e. The number of hydrogen-bond acceptors (Lipinski definition) is 3. The average Bonchev–Trinajstić information content (AvgIpc) is 2.28. The van der Waals surface area contributed by atoms with Gasteiger partial charge >= 0.3 is 0 Å². The van der Waals surface area contributed by atoms with Crippen LogP contribution in [-0.2, 0) is 4.79 Å². The van der Waals surface area contributed by atoms with Crippen molar-refractivity contribution in [3.8, 4) is 6.07 Å². The molecule has 0 fully saturated rings. The second-order valence-electron chi connectivity index (χ2n) is 3.79. The summed E-state index contributed by atoms with van der Waals surface area (Å²) in [7, 11) is 1.61. The standard InChI is InChI=1S/C11H13N3O/c1-11(2,8-12)10(15)14(3)9-6-4-5-7-13-9/h4-7H,1-3H3. The lowest BCUT2D eigenvalue weighted by Crippen LogP contribution is -2.38. The van der Waals surface area contributed by atoms with Gasteiger partial charge < -0.3 is 0 Å². The van der Waals surface area contributed by atoms with Crippen LogP contribution in [0.2, 0.25) is 0 Å². The number of aromatic nitrogens is 1. The van der Waals surface area contributed by atoms with Crippen molar-refractivity contribution in [3.63, 3.8) is 0 Å². The third-order valence-electron chi connectivity index (χ3n) is 2.11. The van der Waals surface area contributed by atoms with Gasteiger partial charge in [0.25, 0.3) is 0 Å². The quantitative estimate of drug-likeness (QED) is 0.733. The van der Waals surface area contributed by atoms with Crippen molar-refractivity contribution in [1.82, 2.24) is 4.98 Å². The van der Waals surface area contributed by atoms with Crippen LogP contribution in [0.25, 0.3) is 0 Å². The predicted molar refractivity (Wildman–Crippen MR) is 57.0 cm³/mol. The Morgan fingerprint density at radius 3 is 2.67 bits per heavy atom. The molecule has 0 atom stereocenters. The van der Waals surface area contributed by atoms with Gasteiger partial charge in [0.2, 0.25) is 5.91 Å². The molecule has 78 valence electrons. The van der Waals surface area contributed by atoms with E-state index in [9.17, 15) is 4.79 Å². The van der Waals surface area contributed by atoms with Gasteiger partial charge in [-0.25, -0.2) is 4.98 Å². The summed E-state index contributed by atoms with van der Waals surface area (Å²) in [4.78, 5) is 17.3. The molecule has 1 aromatic heterocycles. The van der Waals surface area contributed by atoms with Gasteiger partial charge in [-0.15, -0.1) is 0 Å². The normalized spacial score (nSPS) is 10.5. The van der Waals surface area contributed by atoms with Crippen LogP contribution >= 0.6 is 0 Å². The van der Waals surface area contributed by atoms with E-state index in [4.69, 9.17) is 5.26 Å². The number of hydrogen-bond donors (Lipinski definition) is 0. The van der Waals surface area contributed by atoms with Crippen LogP contribution < -0.4 is 4.90 Å². The number of rotatable bonds is 2. The minimum absolute atomic E-state index is 0.260.